The smallest absolute Gasteiger partial charge is 0.244 e. The van der Waals surface area contributed by atoms with Gasteiger partial charge in [-0.25, -0.2) is 0 Å². The number of fused-ring (bicyclic) bond motifs is 2. The fourth-order valence-electron chi connectivity index (χ4n) is 3.34. The highest BCUT2D eigenvalue weighted by Gasteiger charge is 2.12. The van der Waals surface area contributed by atoms with Crippen molar-refractivity contribution in [3.63, 3.8) is 0 Å². The monoisotopic (exact) mass is 362 g/mol. The molecule has 2 aromatic carbocycles. The Kier molecular flexibility index (Phi) is 4.83. The van der Waals surface area contributed by atoms with Crippen LogP contribution in [0.15, 0.2) is 54.6 Å². The van der Waals surface area contributed by atoms with Crippen LogP contribution in [0.3, 0.4) is 0 Å². The number of aromatic nitrogens is 1. The number of hydrogen-bond donors (Lipinski definition) is 1. The average Bonchev–Trinajstić information content (AvgIpc) is 3.27. The number of carbonyl (C=O) groups excluding carboxylic acids is 1. The first kappa shape index (κ1) is 17.2. The molecule has 1 aliphatic rings. The SMILES string of the molecule is Cc1cc2ccccc2n1CCCNC(=O)/C=C/c1ccc2c(c1)OCO2. The summed E-state index contributed by atoms with van der Waals surface area (Å²) in [6.07, 6.45) is 4.21. The molecular formula is C22H22N2O3. The summed E-state index contributed by atoms with van der Waals surface area (Å²) < 4.78 is 12.9. The van der Waals surface area contributed by atoms with Crippen molar-refractivity contribution in [1.82, 2.24) is 9.88 Å². The lowest BCUT2D eigenvalue weighted by molar-refractivity contribution is -0.116. The van der Waals surface area contributed by atoms with Crippen molar-refractivity contribution >= 4 is 22.9 Å². The fraction of sp³-hybridized carbons (Fsp3) is 0.227. The van der Waals surface area contributed by atoms with E-state index in [2.05, 4.69) is 47.1 Å². The van der Waals surface area contributed by atoms with Gasteiger partial charge in [-0.15, -0.1) is 0 Å². The van der Waals surface area contributed by atoms with Gasteiger partial charge < -0.3 is 19.4 Å². The van der Waals surface area contributed by atoms with Gasteiger partial charge in [0.05, 0.1) is 0 Å². The summed E-state index contributed by atoms with van der Waals surface area (Å²) in [5, 5.41) is 4.20. The molecule has 5 heteroatoms. The van der Waals surface area contributed by atoms with E-state index in [0.29, 0.717) is 12.3 Å². The van der Waals surface area contributed by atoms with Crippen LogP contribution in [-0.4, -0.2) is 23.8 Å². The van der Waals surface area contributed by atoms with Crippen LogP contribution >= 0.6 is 0 Å². The molecule has 0 spiro atoms. The van der Waals surface area contributed by atoms with Crippen molar-refractivity contribution in [1.29, 1.82) is 0 Å². The molecular weight excluding hydrogens is 340 g/mol. The first-order valence-electron chi connectivity index (χ1n) is 9.11. The number of para-hydroxylation sites is 1. The molecule has 1 aliphatic heterocycles. The highest BCUT2D eigenvalue weighted by Crippen LogP contribution is 2.32. The molecule has 1 N–H and O–H groups in total. The topological polar surface area (TPSA) is 52.5 Å². The third-order valence-electron chi connectivity index (χ3n) is 4.70. The summed E-state index contributed by atoms with van der Waals surface area (Å²) in [7, 11) is 0. The highest BCUT2D eigenvalue weighted by molar-refractivity contribution is 5.91. The molecule has 0 radical (unpaired) electrons. The summed E-state index contributed by atoms with van der Waals surface area (Å²) >= 11 is 0. The first-order chi connectivity index (χ1) is 13.2. The Labute approximate surface area is 158 Å². The Balaban J connectivity index is 1.27. The van der Waals surface area contributed by atoms with E-state index in [9.17, 15) is 4.79 Å². The Hall–Kier alpha value is -3.21. The van der Waals surface area contributed by atoms with Gasteiger partial charge >= 0.3 is 0 Å². The van der Waals surface area contributed by atoms with Crippen LogP contribution in [0.2, 0.25) is 0 Å². The third kappa shape index (κ3) is 3.82. The molecule has 0 fully saturated rings. The standard InChI is InChI=1S/C22H22N2O3/c1-16-13-18-5-2-3-6-19(18)24(16)12-4-11-23-22(25)10-8-17-7-9-20-21(14-17)27-15-26-20/h2-3,5-10,13-14H,4,11-12,15H2,1H3,(H,23,25)/b10-8+. The van der Waals surface area contributed by atoms with Crippen molar-refractivity contribution in [2.45, 2.75) is 19.9 Å². The third-order valence-corrected chi connectivity index (χ3v) is 4.70. The second kappa shape index (κ2) is 7.58. The molecule has 2 heterocycles. The quantitative estimate of drug-likeness (QED) is 0.534. The Morgan fingerprint density at radius 2 is 2.00 bits per heavy atom. The zero-order valence-electron chi connectivity index (χ0n) is 15.3. The molecule has 1 aromatic heterocycles. The molecule has 138 valence electrons. The summed E-state index contributed by atoms with van der Waals surface area (Å²) in [5.74, 6) is 1.36. The van der Waals surface area contributed by atoms with E-state index >= 15 is 0 Å². The van der Waals surface area contributed by atoms with Crippen molar-refractivity contribution in [2.75, 3.05) is 13.3 Å². The summed E-state index contributed by atoms with van der Waals surface area (Å²) in [5.41, 5.74) is 3.39. The number of hydrogen-bond acceptors (Lipinski definition) is 3. The van der Waals surface area contributed by atoms with Crippen molar-refractivity contribution in [3.8, 4) is 11.5 Å². The average molecular weight is 362 g/mol. The first-order valence-corrected chi connectivity index (χ1v) is 9.11. The van der Waals surface area contributed by atoms with Crippen LogP contribution in [0.4, 0.5) is 0 Å². The van der Waals surface area contributed by atoms with Gasteiger partial charge in [0.15, 0.2) is 11.5 Å². The van der Waals surface area contributed by atoms with Gasteiger partial charge in [-0.3, -0.25) is 4.79 Å². The maximum Gasteiger partial charge on any atom is 0.244 e. The van der Waals surface area contributed by atoms with Gasteiger partial charge in [0.25, 0.3) is 0 Å². The van der Waals surface area contributed by atoms with E-state index in [1.165, 1.54) is 16.6 Å². The molecule has 4 rings (SSSR count). The molecule has 5 nitrogen and oxygen atoms in total. The lowest BCUT2D eigenvalue weighted by Crippen LogP contribution is -2.23. The van der Waals surface area contributed by atoms with Gasteiger partial charge in [-0.1, -0.05) is 24.3 Å². The lowest BCUT2D eigenvalue weighted by Gasteiger charge is -2.08. The zero-order chi connectivity index (χ0) is 18.6. The van der Waals surface area contributed by atoms with Crippen LogP contribution in [0.25, 0.3) is 17.0 Å². The van der Waals surface area contributed by atoms with E-state index in [4.69, 9.17) is 9.47 Å². The van der Waals surface area contributed by atoms with Crippen LogP contribution in [-0.2, 0) is 11.3 Å². The van der Waals surface area contributed by atoms with Crippen LogP contribution in [0, 0.1) is 6.92 Å². The van der Waals surface area contributed by atoms with Gasteiger partial charge in [-0.05, 0) is 54.6 Å². The van der Waals surface area contributed by atoms with Crippen molar-refractivity contribution in [2.24, 2.45) is 0 Å². The second-order valence-corrected chi connectivity index (χ2v) is 6.59. The summed E-state index contributed by atoms with van der Waals surface area (Å²) in [6, 6.07) is 16.2. The molecule has 27 heavy (non-hydrogen) atoms. The van der Waals surface area contributed by atoms with E-state index < -0.39 is 0 Å². The number of rotatable bonds is 6. The van der Waals surface area contributed by atoms with Crippen LogP contribution < -0.4 is 14.8 Å². The number of ether oxygens (including phenoxy) is 2. The van der Waals surface area contributed by atoms with Crippen LogP contribution in [0.1, 0.15) is 17.7 Å². The largest absolute Gasteiger partial charge is 0.454 e. The van der Waals surface area contributed by atoms with E-state index in [1.54, 1.807) is 12.2 Å². The van der Waals surface area contributed by atoms with Gasteiger partial charge in [0, 0.05) is 30.4 Å². The molecule has 0 bridgehead atoms. The second-order valence-electron chi connectivity index (χ2n) is 6.59. The minimum absolute atomic E-state index is 0.0956. The van der Waals surface area contributed by atoms with E-state index in [0.717, 1.165) is 24.3 Å². The van der Waals surface area contributed by atoms with Crippen molar-refractivity contribution < 1.29 is 14.3 Å². The number of nitrogens with one attached hydrogen (secondary N) is 1. The normalized spacial score (nSPS) is 12.8. The number of amides is 1. The minimum Gasteiger partial charge on any atom is -0.454 e. The number of carbonyl (C=O) groups is 1. The Morgan fingerprint density at radius 3 is 2.93 bits per heavy atom. The molecule has 0 aliphatic carbocycles. The van der Waals surface area contributed by atoms with Crippen molar-refractivity contribution in [3.05, 3.63) is 65.9 Å². The van der Waals surface area contributed by atoms with E-state index in [-0.39, 0.29) is 12.7 Å². The maximum absolute atomic E-state index is 12.0. The molecule has 0 atom stereocenters. The molecule has 0 saturated heterocycles. The summed E-state index contributed by atoms with van der Waals surface area (Å²) in [4.78, 5) is 12.0. The maximum atomic E-state index is 12.0. The minimum atomic E-state index is -0.0956. The molecule has 0 unspecified atom stereocenters. The number of nitrogens with zero attached hydrogens (tertiary/aromatic N) is 1. The van der Waals surface area contributed by atoms with Gasteiger partial charge in [0.1, 0.15) is 0 Å². The molecule has 1 amide bonds. The predicted octanol–water partition coefficient (Wildman–Crippen LogP) is 3.90. The Morgan fingerprint density at radius 1 is 1.15 bits per heavy atom. The lowest BCUT2D eigenvalue weighted by atomic mass is 10.2. The highest BCUT2D eigenvalue weighted by atomic mass is 16.7. The predicted molar refractivity (Wildman–Crippen MR) is 106 cm³/mol. The molecule has 0 saturated carbocycles. The fourth-order valence-corrected chi connectivity index (χ4v) is 3.34. The summed E-state index contributed by atoms with van der Waals surface area (Å²) in [6.45, 7) is 3.88. The number of aryl methyl sites for hydroxylation is 2. The molecule has 3 aromatic rings. The zero-order valence-corrected chi connectivity index (χ0v) is 15.3. The van der Waals surface area contributed by atoms with Crippen LogP contribution in [0.5, 0.6) is 11.5 Å². The number of benzene rings is 2. The Bertz CT molecular complexity index is 1000. The van der Waals surface area contributed by atoms with E-state index in [1.807, 2.05) is 18.2 Å². The van der Waals surface area contributed by atoms with Gasteiger partial charge in [-0.2, -0.15) is 0 Å². The van der Waals surface area contributed by atoms with Gasteiger partial charge in [0.2, 0.25) is 12.7 Å².